The average Bonchev–Trinajstić information content (AvgIpc) is 2.24. The molecule has 0 radical (unpaired) electrons. The Morgan fingerprint density at radius 3 is 2.88 bits per heavy atom. The minimum atomic E-state index is -0.113. The summed E-state index contributed by atoms with van der Waals surface area (Å²) < 4.78 is 13.1. The van der Waals surface area contributed by atoms with Crippen molar-refractivity contribution in [2.24, 2.45) is 0 Å². The number of hydrogen-bond donors (Lipinski definition) is 1. The van der Waals surface area contributed by atoms with E-state index in [9.17, 15) is 4.39 Å². The van der Waals surface area contributed by atoms with Crippen molar-refractivity contribution in [1.82, 2.24) is 10.2 Å². The smallest absolute Gasteiger partial charge is 0.126 e. The summed E-state index contributed by atoms with van der Waals surface area (Å²) in [6, 6.07) is 5.95. The van der Waals surface area contributed by atoms with E-state index in [4.69, 9.17) is 0 Å². The zero-order valence-corrected chi connectivity index (χ0v) is 11.2. The second-order valence-electron chi connectivity index (χ2n) is 4.67. The quantitative estimate of drug-likeness (QED) is 0.876. The molecule has 1 aromatic rings. The zero-order chi connectivity index (χ0) is 11.5. The molecule has 17 heavy (non-hydrogen) atoms. The molecule has 4 heteroatoms. The Balaban J connectivity index is 0.00000144. The summed E-state index contributed by atoms with van der Waals surface area (Å²) in [5.41, 5.74) is 1.94. The molecule has 0 saturated carbocycles. The van der Waals surface area contributed by atoms with Crippen LogP contribution in [0.15, 0.2) is 18.2 Å². The lowest BCUT2D eigenvalue weighted by Gasteiger charge is -2.31. The molecule has 2 nitrogen and oxygen atoms in total. The van der Waals surface area contributed by atoms with Crippen LogP contribution in [0.5, 0.6) is 0 Å². The largest absolute Gasteiger partial charge is 0.312 e. The molecule has 1 aromatic carbocycles. The van der Waals surface area contributed by atoms with Crippen LogP contribution in [0.3, 0.4) is 0 Å². The van der Waals surface area contributed by atoms with E-state index in [0.717, 1.165) is 31.7 Å². The molecule has 1 aliphatic heterocycles. The van der Waals surface area contributed by atoms with E-state index >= 15 is 0 Å². The highest BCUT2D eigenvalue weighted by Gasteiger charge is 2.15. The first-order chi connectivity index (χ1) is 7.65. The van der Waals surface area contributed by atoms with E-state index in [2.05, 4.69) is 17.1 Å². The molecule has 1 fully saturated rings. The number of halogens is 2. The SMILES string of the molecule is Cc1cc(CN2CCNC(C)C2)ccc1F.Cl. The normalized spacial score (nSPS) is 21.0. The molecule has 1 atom stereocenters. The lowest BCUT2D eigenvalue weighted by molar-refractivity contribution is 0.199. The van der Waals surface area contributed by atoms with Crippen LogP contribution in [0.25, 0.3) is 0 Å². The second kappa shape index (κ2) is 6.34. The number of hydrogen-bond acceptors (Lipinski definition) is 2. The summed E-state index contributed by atoms with van der Waals surface area (Å²) in [6.07, 6.45) is 0. The summed E-state index contributed by atoms with van der Waals surface area (Å²) in [6.45, 7) is 8.12. The fourth-order valence-electron chi connectivity index (χ4n) is 2.22. The molecule has 1 unspecified atom stereocenters. The molecule has 1 heterocycles. The van der Waals surface area contributed by atoms with Crippen LogP contribution in [0.2, 0.25) is 0 Å². The third kappa shape index (κ3) is 3.95. The average molecular weight is 259 g/mol. The molecule has 1 saturated heterocycles. The summed E-state index contributed by atoms with van der Waals surface area (Å²) in [5.74, 6) is -0.113. The molecule has 0 bridgehead atoms. The van der Waals surface area contributed by atoms with Gasteiger partial charge in [-0.25, -0.2) is 4.39 Å². The maximum absolute atomic E-state index is 13.1. The van der Waals surface area contributed by atoms with Crippen LogP contribution in [-0.2, 0) is 6.54 Å². The number of nitrogens with zero attached hydrogens (tertiary/aromatic N) is 1. The van der Waals surface area contributed by atoms with Gasteiger partial charge >= 0.3 is 0 Å². The van der Waals surface area contributed by atoms with Crippen LogP contribution >= 0.6 is 12.4 Å². The van der Waals surface area contributed by atoms with Crippen molar-refractivity contribution < 1.29 is 4.39 Å². The van der Waals surface area contributed by atoms with Gasteiger partial charge in [0.15, 0.2) is 0 Å². The van der Waals surface area contributed by atoms with Crippen molar-refractivity contribution in [2.45, 2.75) is 26.4 Å². The van der Waals surface area contributed by atoms with Crippen molar-refractivity contribution in [3.63, 3.8) is 0 Å². The standard InChI is InChI=1S/C13H19FN2.ClH/c1-10-7-12(3-4-13(10)14)9-16-6-5-15-11(2)8-16;/h3-4,7,11,15H,5-6,8-9H2,1-2H3;1H. The lowest BCUT2D eigenvalue weighted by Crippen LogP contribution is -2.48. The molecular formula is C13H20ClFN2. The van der Waals surface area contributed by atoms with Crippen molar-refractivity contribution in [3.8, 4) is 0 Å². The fraction of sp³-hybridized carbons (Fsp3) is 0.538. The van der Waals surface area contributed by atoms with E-state index < -0.39 is 0 Å². The van der Waals surface area contributed by atoms with Gasteiger partial charge in [0.2, 0.25) is 0 Å². The maximum Gasteiger partial charge on any atom is 0.126 e. The van der Waals surface area contributed by atoms with Crippen LogP contribution in [0, 0.1) is 12.7 Å². The van der Waals surface area contributed by atoms with Gasteiger partial charge in [-0.05, 0) is 31.0 Å². The van der Waals surface area contributed by atoms with E-state index in [1.165, 1.54) is 5.56 Å². The minimum absolute atomic E-state index is 0. The first-order valence-corrected chi connectivity index (χ1v) is 5.86. The first kappa shape index (κ1) is 14.4. The zero-order valence-electron chi connectivity index (χ0n) is 10.4. The Labute approximate surface area is 109 Å². The van der Waals surface area contributed by atoms with Crippen LogP contribution in [0.1, 0.15) is 18.1 Å². The molecular weight excluding hydrogens is 239 g/mol. The predicted octanol–water partition coefficient (Wildman–Crippen LogP) is 2.35. The molecule has 1 aliphatic rings. The summed E-state index contributed by atoms with van der Waals surface area (Å²) in [5, 5.41) is 3.42. The van der Waals surface area contributed by atoms with Crippen LogP contribution in [-0.4, -0.2) is 30.6 Å². The van der Waals surface area contributed by atoms with Crippen LogP contribution < -0.4 is 5.32 Å². The maximum atomic E-state index is 13.1. The van der Waals surface area contributed by atoms with Gasteiger partial charge < -0.3 is 5.32 Å². The van der Waals surface area contributed by atoms with Gasteiger partial charge in [-0.2, -0.15) is 0 Å². The van der Waals surface area contributed by atoms with E-state index in [1.807, 2.05) is 19.1 Å². The van der Waals surface area contributed by atoms with Crippen molar-refractivity contribution >= 4 is 12.4 Å². The molecule has 0 amide bonds. The van der Waals surface area contributed by atoms with Gasteiger partial charge in [0.05, 0.1) is 0 Å². The highest BCUT2D eigenvalue weighted by molar-refractivity contribution is 5.85. The van der Waals surface area contributed by atoms with Crippen molar-refractivity contribution in [1.29, 1.82) is 0 Å². The molecule has 1 N–H and O–H groups in total. The minimum Gasteiger partial charge on any atom is -0.312 e. The fourth-order valence-corrected chi connectivity index (χ4v) is 2.22. The molecule has 96 valence electrons. The topological polar surface area (TPSA) is 15.3 Å². The Bertz CT molecular complexity index is 370. The van der Waals surface area contributed by atoms with E-state index in [0.29, 0.717) is 6.04 Å². The number of rotatable bonds is 2. The molecule has 0 aromatic heterocycles. The summed E-state index contributed by atoms with van der Waals surface area (Å²) in [4.78, 5) is 2.41. The van der Waals surface area contributed by atoms with Gasteiger partial charge in [0.1, 0.15) is 5.82 Å². The van der Waals surface area contributed by atoms with Gasteiger partial charge in [0, 0.05) is 32.2 Å². The second-order valence-corrected chi connectivity index (χ2v) is 4.67. The molecule has 2 rings (SSSR count). The molecule has 0 spiro atoms. The number of piperazine rings is 1. The Morgan fingerprint density at radius 2 is 2.24 bits per heavy atom. The third-order valence-corrected chi connectivity index (χ3v) is 3.08. The van der Waals surface area contributed by atoms with Gasteiger partial charge in [-0.3, -0.25) is 4.90 Å². The van der Waals surface area contributed by atoms with Crippen molar-refractivity contribution in [2.75, 3.05) is 19.6 Å². The Kier molecular flexibility index (Phi) is 5.37. The van der Waals surface area contributed by atoms with Gasteiger partial charge in [-0.15, -0.1) is 12.4 Å². The monoisotopic (exact) mass is 258 g/mol. The summed E-state index contributed by atoms with van der Waals surface area (Å²) in [7, 11) is 0. The highest BCUT2D eigenvalue weighted by atomic mass is 35.5. The van der Waals surface area contributed by atoms with E-state index in [1.54, 1.807) is 6.07 Å². The van der Waals surface area contributed by atoms with Crippen molar-refractivity contribution in [3.05, 3.63) is 35.1 Å². The molecule has 0 aliphatic carbocycles. The Hall–Kier alpha value is -0.640. The van der Waals surface area contributed by atoms with E-state index in [-0.39, 0.29) is 18.2 Å². The lowest BCUT2D eigenvalue weighted by atomic mass is 10.1. The third-order valence-electron chi connectivity index (χ3n) is 3.08. The first-order valence-electron chi connectivity index (χ1n) is 5.86. The predicted molar refractivity (Wildman–Crippen MR) is 71.1 cm³/mol. The Morgan fingerprint density at radius 1 is 1.47 bits per heavy atom. The highest BCUT2D eigenvalue weighted by Crippen LogP contribution is 2.12. The number of aryl methyl sites for hydroxylation is 1. The van der Waals surface area contributed by atoms with Gasteiger partial charge in [-0.1, -0.05) is 12.1 Å². The van der Waals surface area contributed by atoms with Gasteiger partial charge in [0.25, 0.3) is 0 Å². The van der Waals surface area contributed by atoms with Crippen LogP contribution in [0.4, 0.5) is 4.39 Å². The summed E-state index contributed by atoms with van der Waals surface area (Å²) >= 11 is 0. The number of nitrogens with one attached hydrogen (secondary N) is 1. The number of benzene rings is 1.